The van der Waals surface area contributed by atoms with Crippen LogP contribution in [0.2, 0.25) is 0 Å². The number of ketones is 1. The van der Waals surface area contributed by atoms with Crippen LogP contribution in [-0.4, -0.2) is 130 Å². The van der Waals surface area contributed by atoms with E-state index in [0.717, 1.165) is 13.8 Å². The van der Waals surface area contributed by atoms with Gasteiger partial charge in [0.15, 0.2) is 17.5 Å². The molecule has 1 heterocycles. The summed E-state index contributed by atoms with van der Waals surface area (Å²) >= 11 is 0. The normalized spacial score (nSPS) is 27.5. The number of carboxylic acids is 1. The largest absolute Gasteiger partial charge is 0.481 e. The van der Waals surface area contributed by atoms with Crippen LogP contribution in [0, 0.1) is 34.0 Å². The van der Waals surface area contributed by atoms with Crippen molar-refractivity contribution >= 4 is 59.4 Å². The summed E-state index contributed by atoms with van der Waals surface area (Å²) in [5.74, 6) is -11.7. The summed E-state index contributed by atoms with van der Waals surface area (Å²) in [7, 11) is 0. The molecule has 1 saturated heterocycles. The fourth-order valence-corrected chi connectivity index (χ4v) is 12.2. The first-order valence-electron chi connectivity index (χ1n) is 27.8. The topological polar surface area (TPSA) is 300 Å². The van der Waals surface area contributed by atoms with Gasteiger partial charge in [-0.2, -0.15) is 0 Å². The van der Waals surface area contributed by atoms with Gasteiger partial charge in [0.1, 0.15) is 42.1 Å². The van der Waals surface area contributed by atoms with Crippen LogP contribution in [0.25, 0.3) is 0 Å². The molecule has 2 amide bonds. The lowest BCUT2D eigenvalue weighted by Gasteiger charge is -2.67. The molecule has 2 aromatic rings. The quantitative estimate of drug-likeness (QED) is 0.0597. The maximum Gasteiger partial charge on any atom is 0.350 e. The van der Waals surface area contributed by atoms with E-state index in [1.54, 1.807) is 84.9 Å². The van der Waals surface area contributed by atoms with Gasteiger partial charge in [-0.05, 0) is 66.4 Å². The van der Waals surface area contributed by atoms with Gasteiger partial charge in [0.2, 0.25) is 17.9 Å². The molecule has 0 unspecified atom stereocenters. The number of amides is 2. The van der Waals surface area contributed by atoms with E-state index in [2.05, 4.69) is 10.6 Å². The van der Waals surface area contributed by atoms with Crippen molar-refractivity contribution in [2.75, 3.05) is 6.61 Å². The zero-order chi connectivity index (χ0) is 61.0. The first-order chi connectivity index (χ1) is 38.2. The van der Waals surface area contributed by atoms with Crippen molar-refractivity contribution in [3.8, 4) is 0 Å². The molecular weight excluding hydrogens is 1060 g/mol. The minimum absolute atomic E-state index is 0.000193. The van der Waals surface area contributed by atoms with Gasteiger partial charge >= 0.3 is 41.8 Å². The third kappa shape index (κ3) is 13.7. The number of hydrogen-bond donors (Lipinski definition) is 4. The van der Waals surface area contributed by atoms with Crippen molar-refractivity contribution in [2.45, 2.75) is 195 Å². The van der Waals surface area contributed by atoms with Gasteiger partial charge in [0, 0.05) is 57.8 Å². The Labute approximate surface area is 478 Å². The Balaban J connectivity index is 1.59. The van der Waals surface area contributed by atoms with E-state index in [4.69, 9.17) is 33.2 Å². The highest BCUT2D eigenvalue weighted by Gasteiger charge is 2.79. The number of ether oxygens (including phenoxy) is 7. The number of nitrogens with one attached hydrogen (secondary N) is 2. The maximum atomic E-state index is 16.3. The average Bonchev–Trinajstić information content (AvgIpc) is 1.07. The van der Waals surface area contributed by atoms with E-state index in [-0.39, 0.29) is 66.2 Å². The van der Waals surface area contributed by atoms with Crippen LogP contribution in [0.5, 0.6) is 0 Å². The second kappa shape index (κ2) is 25.2. The number of rotatable bonds is 21. The summed E-state index contributed by atoms with van der Waals surface area (Å²) in [6, 6.07) is 12.5. The Hall–Kier alpha value is -7.00. The predicted octanol–water partition coefficient (Wildman–Crippen LogP) is 6.40. The number of carboxylic acid groups (broad SMARTS) is 1. The van der Waals surface area contributed by atoms with Crippen LogP contribution < -0.4 is 10.6 Å². The Morgan fingerprint density at radius 3 is 1.93 bits per heavy atom. The number of benzene rings is 2. The first kappa shape index (κ1) is 64.2. The molecule has 2 aromatic carbocycles. The predicted molar refractivity (Wildman–Crippen MR) is 291 cm³/mol. The van der Waals surface area contributed by atoms with Crippen molar-refractivity contribution in [2.24, 2.45) is 34.0 Å². The third-order valence-corrected chi connectivity index (χ3v) is 16.1. The number of aliphatic carboxylic acids is 1. The highest BCUT2D eigenvalue weighted by Crippen LogP contribution is 2.65. The summed E-state index contributed by atoms with van der Waals surface area (Å²) in [6.07, 6.45) is -12.5. The highest BCUT2D eigenvalue weighted by atomic mass is 16.6. The fraction of sp³-hybridized carbons (Fsp3) is 0.607. The number of Topliss-reactive ketones (excluding diaryl/α,β-unsaturated/α-hetero) is 1. The van der Waals surface area contributed by atoms with E-state index in [0.29, 0.717) is 0 Å². The van der Waals surface area contributed by atoms with Crippen LogP contribution in [-0.2, 0) is 76.3 Å². The standard InChI is InChI=1S/C61H80N2O19/c1-32(2)26-45(69)79-41-28-42-60(31-76-42,82-36(7)65)51-53(81-55(73)38-22-18-15-19-23-38)61(75)29-40(34(5)47(58(61,11)12)49(77-35(6)64)52(71)59(41,51)13)78-56(74)50(80-46(70)27-33(3)4)48(37-20-16-14-17-21-37)63-54(72)39(24-25-44(67)68)62-43(66)30-57(8,9)10/h14-23,32-33,39-42,48-51,53,75H,24-31H2,1-13H3,(H,62,66)(H,63,72)(H,67,68)/t39-,40+,41+,42-,48+,49-,50-,51+,53+,59-,60+,61-/m1/s1. The summed E-state index contributed by atoms with van der Waals surface area (Å²) in [5, 5.41) is 29.3. The Morgan fingerprint density at radius 2 is 1.39 bits per heavy atom. The molecule has 448 valence electrons. The molecule has 82 heavy (non-hydrogen) atoms. The molecule has 2 bridgehead atoms. The van der Waals surface area contributed by atoms with E-state index < -0.39 is 161 Å². The molecule has 0 aromatic heterocycles. The smallest absolute Gasteiger partial charge is 0.350 e. The Morgan fingerprint density at radius 1 is 0.793 bits per heavy atom. The molecular formula is C61H80N2O19. The van der Waals surface area contributed by atoms with Crippen LogP contribution >= 0.6 is 0 Å². The van der Waals surface area contributed by atoms with E-state index in [1.165, 1.54) is 52.0 Å². The van der Waals surface area contributed by atoms with Gasteiger partial charge in [-0.15, -0.1) is 0 Å². The van der Waals surface area contributed by atoms with E-state index >= 15 is 9.59 Å². The Bertz CT molecular complexity index is 2800. The lowest BCUT2D eigenvalue weighted by Crippen LogP contribution is -2.82. The molecule has 4 aliphatic rings. The first-order valence-corrected chi connectivity index (χ1v) is 27.8. The average molecular weight is 1150 g/mol. The van der Waals surface area contributed by atoms with Gasteiger partial charge < -0.3 is 54.0 Å². The summed E-state index contributed by atoms with van der Waals surface area (Å²) in [5.41, 5.74) is -8.85. The second-order valence-corrected chi connectivity index (χ2v) is 24.9. The maximum absolute atomic E-state index is 16.3. The van der Waals surface area contributed by atoms with Crippen molar-refractivity contribution in [3.63, 3.8) is 0 Å². The second-order valence-electron chi connectivity index (χ2n) is 24.9. The molecule has 0 radical (unpaired) electrons. The van der Waals surface area contributed by atoms with Crippen molar-refractivity contribution in [3.05, 3.63) is 82.9 Å². The summed E-state index contributed by atoms with van der Waals surface area (Å²) < 4.78 is 43.7. The van der Waals surface area contributed by atoms with Crippen LogP contribution in [0.4, 0.5) is 0 Å². The zero-order valence-corrected chi connectivity index (χ0v) is 49.1. The van der Waals surface area contributed by atoms with Gasteiger partial charge in [-0.25, -0.2) is 9.59 Å². The number of fused-ring (bicyclic) bond motifs is 5. The summed E-state index contributed by atoms with van der Waals surface area (Å²) in [4.78, 5) is 141. The van der Waals surface area contributed by atoms with Gasteiger partial charge in [-0.1, -0.05) is 111 Å². The lowest BCUT2D eigenvalue weighted by atomic mass is 9.44. The molecule has 4 N–H and O–H groups in total. The van der Waals surface area contributed by atoms with Crippen molar-refractivity contribution in [1.29, 1.82) is 0 Å². The third-order valence-electron chi connectivity index (χ3n) is 16.1. The lowest BCUT2D eigenvalue weighted by molar-refractivity contribution is -0.346. The number of aliphatic hydroxyl groups is 1. The number of carbonyl (C=O) groups is 10. The number of hydrogen-bond acceptors (Lipinski definition) is 18. The van der Waals surface area contributed by atoms with Crippen molar-refractivity contribution in [1.82, 2.24) is 10.6 Å². The minimum Gasteiger partial charge on any atom is -0.481 e. The van der Waals surface area contributed by atoms with Gasteiger partial charge in [0.25, 0.3) is 0 Å². The van der Waals surface area contributed by atoms with Gasteiger partial charge in [0.05, 0.1) is 23.5 Å². The minimum atomic E-state index is -2.57. The monoisotopic (exact) mass is 1140 g/mol. The highest BCUT2D eigenvalue weighted by molar-refractivity contribution is 5.96. The molecule has 1 aliphatic heterocycles. The zero-order valence-electron chi connectivity index (χ0n) is 49.1. The van der Waals surface area contributed by atoms with E-state index in [1.807, 2.05) is 0 Å². The molecule has 2 saturated carbocycles. The van der Waals surface area contributed by atoms with Crippen LogP contribution in [0.3, 0.4) is 0 Å². The summed E-state index contributed by atoms with van der Waals surface area (Å²) in [6.45, 7) is 20.1. The molecule has 0 spiro atoms. The molecule has 12 atom stereocenters. The Kier molecular flexibility index (Phi) is 19.8. The molecule has 3 aliphatic carbocycles. The molecule has 3 fully saturated rings. The fourth-order valence-electron chi connectivity index (χ4n) is 12.2. The molecule has 21 heteroatoms. The van der Waals surface area contributed by atoms with Crippen LogP contribution in [0.15, 0.2) is 71.8 Å². The molecule has 21 nitrogen and oxygen atoms in total. The molecule has 6 rings (SSSR count). The number of esters is 6. The van der Waals surface area contributed by atoms with Crippen molar-refractivity contribution < 1.29 is 91.3 Å². The van der Waals surface area contributed by atoms with Gasteiger partial charge in [-0.3, -0.25) is 38.4 Å². The SMILES string of the molecule is CC(=O)O[C@H]1C(=O)[C@]2(C)[C@@H](OC(=O)CC(C)C)C[C@H]3OC[C@@]3(OC(C)=O)[C@H]2[C@H](OC(=O)c2ccccc2)[C@]2(O)C[C@H](OC(=O)[C@H](OC(=O)CC(C)C)[C@@H](NC(=O)[C@@H](CCC(=O)O)NC(=O)CC(C)(C)C)c3ccccc3)C(C)=C1C2(C)C. The van der Waals surface area contributed by atoms with E-state index in [9.17, 15) is 48.6 Å². The number of carbonyl (C=O) groups excluding carboxylic acids is 9. The van der Waals surface area contributed by atoms with Crippen LogP contribution in [0.1, 0.15) is 157 Å².